The smallest absolute Gasteiger partial charge is 0.300 e. The molecule has 1 aliphatic rings. The molecule has 1 saturated heterocycles. The van der Waals surface area contributed by atoms with E-state index in [0.717, 1.165) is 10.9 Å². The molecule has 0 bridgehead atoms. The topological polar surface area (TPSA) is 91.9 Å². The van der Waals surface area contributed by atoms with Crippen molar-refractivity contribution in [1.82, 2.24) is 4.98 Å². The van der Waals surface area contributed by atoms with Crippen molar-refractivity contribution in [3.63, 3.8) is 0 Å². The monoisotopic (exact) mass is 468 g/mol. The Kier molecular flexibility index (Phi) is 5.74. The van der Waals surface area contributed by atoms with Gasteiger partial charge in [0, 0.05) is 40.0 Å². The number of methoxy groups -OCH3 is 1. The van der Waals surface area contributed by atoms with Crippen molar-refractivity contribution in [2.75, 3.05) is 18.6 Å². The van der Waals surface area contributed by atoms with Crippen LogP contribution in [0.5, 0.6) is 11.5 Å². The second-order valence-electron chi connectivity index (χ2n) is 8.12. The molecule has 1 aromatic heterocycles. The van der Waals surface area contributed by atoms with E-state index in [-0.39, 0.29) is 11.3 Å². The van der Waals surface area contributed by atoms with Crippen molar-refractivity contribution in [1.29, 1.82) is 0 Å². The number of nitrogens with one attached hydrogen (secondary N) is 1. The Labute approximate surface area is 202 Å². The Morgan fingerprint density at radius 2 is 1.77 bits per heavy atom. The Hall–Kier alpha value is -4.52. The van der Waals surface area contributed by atoms with Gasteiger partial charge in [0.25, 0.3) is 11.7 Å². The van der Waals surface area contributed by atoms with Crippen LogP contribution in [0, 0.1) is 0 Å². The number of hydrogen-bond donors (Lipinski definition) is 2. The molecule has 7 nitrogen and oxygen atoms in total. The molecule has 0 spiro atoms. The minimum Gasteiger partial charge on any atom is -0.507 e. The van der Waals surface area contributed by atoms with E-state index >= 15 is 0 Å². The maximum absolute atomic E-state index is 13.4. The largest absolute Gasteiger partial charge is 0.507 e. The van der Waals surface area contributed by atoms with Crippen LogP contribution >= 0.6 is 0 Å². The predicted octanol–water partition coefficient (Wildman–Crippen LogP) is 5.20. The van der Waals surface area contributed by atoms with Gasteiger partial charge in [-0.05, 0) is 49.4 Å². The standard InChI is InChI=1S/C28H24N2O5/c1-3-35-20-8-6-7-18(15-20)30-25(22-16-29-23-10-5-4-9-21(22)23)24(27(32)28(30)33)26(31)17-11-13-19(34-2)14-12-17/h4-16,25,29,31H,3H2,1-2H3/b26-24+. The molecule has 1 unspecified atom stereocenters. The number of carbonyl (C=O) groups excluding carboxylic acids is 2. The number of fused-ring (bicyclic) bond motifs is 1. The molecule has 7 heteroatoms. The fourth-order valence-electron chi connectivity index (χ4n) is 4.51. The number of aromatic amines is 1. The van der Waals surface area contributed by atoms with E-state index in [1.807, 2.05) is 31.2 Å². The van der Waals surface area contributed by atoms with Crippen molar-refractivity contribution in [3.8, 4) is 11.5 Å². The van der Waals surface area contributed by atoms with Gasteiger partial charge in [-0.3, -0.25) is 14.5 Å². The van der Waals surface area contributed by atoms with Crippen molar-refractivity contribution in [2.45, 2.75) is 13.0 Å². The lowest BCUT2D eigenvalue weighted by Crippen LogP contribution is -2.29. The zero-order valence-electron chi connectivity index (χ0n) is 19.3. The first-order valence-electron chi connectivity index (χ1n) is 11.3. The summed E-state index contributed by atoms with van der Waals surface area (Å²) in [7, 11) is 1.55. The third-order valence-electron chi connectivity index (χ3n) is 6.13. The lowest BCUT2D eigenvalue weighted by molar-refractivity contribution is -0.132. The summed E-state index contributed by atoms with van der Waals surface area (Å²) in [6, 6.07) is 20.5. The Morgan fingerprint density at radius 3 is 2.51 bits per heavy atom. The molecule has 1 aliphatic heterocycles. The number of H-pyrrole nitrogens is 1. The summed E-state index contributed by atoms with van der Waals surface area (Å²) in [6.07, 6.45) is 1.78. The number of benzene rings is 3. The van der Waals surface area contributed by atoms with Crippen LogP contribution in [0.2, 0.25) is 0 Å². The number of Topliss-reactive ketones (excluding diaryl/α,β-unsaturated/α-hetero) is 1. The van der Waals surface area contributed by atoms with Crippen LogP contribution in [-0.4, -0.2) is 35.5 Å². The van der Waals surface area contributed by atoms with Crippen molar-refractivity contribution < 1.29 is 24.2 Å². The minimum atomic E-state index is -0.842. The zero-order valence-corrected chi connectivity index (χ0v) is 19.3. The number of hydrogen-bond acceptors (Lipinski definition) is 5. The maximum atomic E-state index is 13.4. The van der Waals surface area contributed by atoms with E-state index in [1.165, 1.54) is 4.90 Å². The highest BCUT2D eigenvalue weighted by Crippen LogP contribution is 2.44. The number of aliphatic hydroxyl groups is 1. The second-order valence-corrected chi connectivity index (χ2v) is 8.12. The van der Waals surface area contributed by atoms with Gasteiger partial charge in [-0.2, -0.15) is 0 Å². The van der Waals surface area contributed by atoms with Crippen LogP contribution in [0.4, 0.5) is 5.69 Å². The molecular weight excluding hydrogens is 444 g/mol. The quantitative estimate of drug-likeness (QED) is 0.231. The van der Waals surface area contributed by atoms with Crippen LogP contribution in [0.15, 0.2) is 84.6 Å². The van der Waals surface area contributed by atoms with Gasteiger partial charge in [0.1, 0.15) is 17.3 Å². The summed E-state index contributed by atoms with van der Waals surface area (Å²) in [6.45, 7) is 2.34. The fourth-order valence-corrected chi connectivity index (χ4v) is 4.51. The number of rotatable bonds is 6. The molecule has 4 aromatic rings. The number of nitrogens with zero attached hydrogens (tertiary/aromatic N) is 1. The third-order valence-corrected chi connectivity index (χ3v) is 6.13. The molecule has 3 aromatic carbocycles. The van der Waals surface area contributed by atoms with Crippen LogP contribution in [0.25, 0.3) is 16.7 Å². The van der Waals surface area contributed by atoms with E-state index in [0.29, 0.717) is 34.9 Å². The van der Waals surface area contributed by atoms with Gasteiger partial charge in [-0.15, -0.1) is 0 Å². The number of anilines is 1. The van der Waals surface area contributed by atoms with E-state index in [1.54, 1.807) is 61.8 Å². The van der Waals surface area contributed by atoms with Crippen molar-refractivity contribution in [2.24, 2.45) is 0 Å². The van der Waals surface area contributed by atoms with Gasteiger partial charge in [0.2, 0.25) is 0 Å². The summed E-state index contributed by atoms with van der Waals surface area (Å²) < 4.78 is 10.8. The van der Waals surface area contributed by atoms with Gasteiger partial charge in [0.05, 0.1) is 25.3 Å². The van der Waals surface area contributed by atoms with Gasteiger partial charge in [-0.1, -0.05) is 24.3 Å². The second kappa shape index (κ2) is 9.02. The normalized spacial score (nSPS) is 17.2. The molecule has 1 atom stereocenters. The van der Waals surface area contributed by atoms with E-state index in [4.69, 9.17) is 9.47 Å². The van der Waals surface area contributed by atoms with Crippen LogP contribution < -0.4 is 14.4 Å². The van der Waals surface area contributed by atoms with E-state index in [2.05, 4.69) is 4.98 Å². The average molecular weight is 469 g/mol. The minimum absolute atomic E-state index is 0.0201. The van der Waals surface area contributed by atoms with Gasteiger partial charge in [0.15, 0.2) is 0 Å². The molecule has 1 fully saturated rings. The highest BCUT2D eigenvalue weighted by molar-refractivity contribution is 6.51. The SMILES string of the molecule is CCOc1cccc(N2C(=O)C(=O)/C(=C(/O)c3ccc(OC)cc3)C2c2c[nH]c3ccccc23)c1. The summed E-state index contributed by atoms with van der Waals surface area (Å²) in [4.78, 5) is 31.5. The first kappa shape index (κ1) is 22.3. The molecule has 1 amide bonds. The number of aliphatic hydroxyl groups excluding tert-OH is 1. The molecule has 0 radical (unpaired) electrons. The summed E-state index contributed by atoms with van der Waals surface area (Å²) in [5.74, 6) is -0.521. The highest BCUT2D eigenvalue weighted by atomic mass is 16.5. The Balaban J connectivity index is 1.73. The van der Waals surface area contributed by atoms with Gasteiger partial charge >= 0.3 is 0 Å². The van der Waals surface area contributed by atoms with Gasteiger partial charge < -0.3 is 19.6 Å². The zero-order chi connectivity index (χ0) is 24.5. The summed E-state index contributed by atoms with van der Waals surface area (Å²) >= 11 is 0. The Morgan fingerprint density at radius 1 is 1.00 bits per heavy atom. The first-order chi connectivity index (χ1) is 17.0. The molecule has 35 heavy (non-hydrogen) atoms. The number of para-hydroxylation sites is 1. The number of ether oxygens (including phenoxy) is 2. The van der Waals surface area contributed by atoms with Crippen LogP contribution in [0.3, 0.4) is 0 Å². The number of carbonyl (C=O) groups is 2. The average Bonchev–Trinajstić information content (AvgIpc) is 3.42. The fraction of sp³-hybridized carbons (Fsp3) is 0.143. The molecular formula is C28H24N2O5. The predicted molar refractivity (Wildman–Crippen MR) is 134 cm³/mol. The highest BCUT2D eigenvalue weighted by Gasteiger charge is 2.47. The number of aromatic nitrogens is 1. The molecule has 5 rings (SSSR count). The molecule has 2 heterocycles. The molecule has 2 N–H and O–H groups in total. The third kappa shape index (κ3) is 3.81. The molecule has 0 aliphatic carbocycles. The van der Waals surface area contributed by atoms with Crippen molar-refractivity contribution >= 4 is 34.0 Å². The van der Waals surface area contributed by atoms with Crippen molar-refractivity contribution in [3.05, 3.63) is 95.7 Å². The Bertz CT molecular complexity index is 1450. The molecule has 176 valence electrons. The summed E-state index contributed by atoms with van der Waals surface area (Å²) in [5, 5.41) is 12.2. The van der Waals surface area contributed by atoms with E-state index in [9.17, 15) is 14.7 Å². The lowest BCUT2D eigenvalue weighted by atomic mass is 9.94. The van der Waals surface area contributed by atoms with E-state index < -0.39 is 17.7 Å². The first-order valence-corrected chi connectivity index (χ1v) is 11.3. The maximum Gasteiger partial charge on any atom is 0.300 e. The summed E-state index contributed by atoms with van der Waals surface area (Å²) in [5.41, 5.74) is 2.50. The van der Waals surface area contributed by atoms with Gasteiger partial charge in [-0.25, -0.2) is 0 Å². The lowest BCUT2D eigenvalue weighted by Gasteiger charge is -2.25. The van der Waals surface area contributed by atoms with Crippen LogP contribution in [-0.2, 0) is 9.59 Å². The molecule has 0 saturated carbocycles. The number of ketones is 1. The van der Waals surface area contributed by atoms with Crippen LogP contribution in [0.1, 0.15) is 24.1 Å². The number of amides is 1.